The van der Waals surface area contributed by atoms with Crippen LogP contribution in [0.2, 0.25) is 0 Å². The van der Waals surface area contributed by atoms with Crippen molar-refractivity contribution in [2.45, 2.75) is 61.4 Å². The molecule has 0 aliphatic carbocycles. The van der Waals surface area contributed by atoms with Crippen molar-refractivity contribution in [3.63, 3.8) is 0 Å². The van der Waals surface area contributed by atoms with Gasteiger partial charge in [-0.1, -0.05) is 6.07 Å². The third-order valence-electron chi connectivity index (χ3n) is 9.05. The highest BCUT2D eigenvalue weighted by Crippen LogP contribution is 2.43. The van der Waals surface area contributed by atoms with Crippen LogP contribution < -0.4 is 14.2 Å². The summed E-state index contributed by atoms with van der Waals surface area (Å²) in [5.74, 6) is -3.05. The Balaban J connectivity index is 1.30. The molecule has 19 nitrogen and oxygen atoms in total. The maximum absolute atomic E-state index is 12.6. The lowest BCUT2D eigenvalue weighted by atomic mass is 9.99. The minimum Gasteiger partial charge on any atom is -0.507 e. The van der Waals surface area contributed by atoms with Crippen LogP contribution >= 0.6 is 0 Å². The Hall–Kier alpha value is -5.48. The van der Waals surface area contributed by atoms with E-state index in [0.717, 1.165) is 30.3 Å². The summed E-state index contributed by atoms with van der Waals surface area (Å²) >= 11 is 0. The van der Waals surface area contributed by atoms with Crippen molar-refractivity contribution in [2.75, 3.05) is 20.3 Å². The molecule has 3 aromatic carbocycles. The van der Waals surface area contributed by atoms with E-state index in [9.17, 15) is 61.0 Å². The SMILES string of the molecule is COc1cc(C=CC(=O)OCC2OC(Oc3cc4c(OC5OC(CO)C(O)C(O)C5O)cc(O)cc4[o+]c3-c3ccc(O)c(O)c3)C(O)C(O)C2O)ccc1O. The molecule has 2 saturated heterocycles. The number of benzene rings is 3. The molecule has 10 unspecified atom stereocenters. The van der Waals surface area contributed by atoms with Gasteiger partial charge in [-0.15, -0.1) is 0 Å². The van der Waals surface area contributed by atoms with Crippen molar-refractivity contribution in [2.24, 2.45) is 0 Å². The molecule has 300 valence electrons. The number of hydrogen-bond acceptors (Lipinski definition) is 18. The molecule has 2 fully saturated rings. The molecule has 2 aliphatic rings. The number of hydrogen-bond donors (Lipinski definition) is 11. The number of ether oxygens (including phenoxy) is 6. The Morgan fingerprint density at radius 3 is 2.02 bits per heavy atom. The lowest BCUT2D eigenvalue weighted by Gasteiger charge is -2.39. The first kappa shape index (κ1) is 40.2. The van der Waals surface area contributed by atoms with Crippen molar-refractivity contribution in [1.82, 2.24) is 0 Å². The molecule has 10 atom stereocenters. The van der Waals surface area contributed by atoms with Gasteiger partial charge in [0.1, 0.15) is 72.3 Å². The van der Waals surface area contributed by atoms with Gasteiger partial charge in [-0.2, -0.15) is 0 Å². The monoisotopic (exact) mass is 787 g/mol. The molecule has 0 radical (unpaired) electrons. The number of aliphatic hydroxyl groups is 7. The van der Waals surface area contributed by atoms with Crippen molar-refractivity contribution < 1.29 is 93.8 Å². The van der Waals surface area contributed by atoms with Crippen LogP contribution in [-0.4, -0.2) is 144 Å². The van der Waals surface area contributed by atoms with Gasteiger partial charge in [0.25, 0.3) is 0 Å². The first-order valence-electron chi connectivity index (χ1n) is 16.9. The van der Waals surface area contributed by atoms with Crippen molar-refractivity contribution >= 4 is 23.0 Å². The Labute approximate surface area is 316 Å². The normalized spacial score (nSPS) is 27.9. The number of fused-ring (bicyclic) bond motifs is 1. The maximum Gasteiger partial charge on any atom is 0.402 e. The summed E-state index contributed by atoms with van der Waals surface area (Å²) < 4.78 is 39.3. The molecule has 1 aromatic heterocycles. The van der Waals surface area contributed by atoms with Crippen LogP contribution in [0.4, 0.5) is 0 Å². The van der Waals surface area contributed by atoms with Gasteiger partial charge in [0.2, 0.25) is 18.3 Å². The minimum absolute atomic E-state index is 0.00379. The molecule has 3 heterocycles. The number of phenolic OH excluding ortho intramolecular Hbond substituents is 4. The Morgan fingerprint density at radius 1 is 0.714 bits per heavy atom. The number of methoxy groups -OCH3 is 1. The van der Waals surface area contributed by atoms with Gasteiger partial charge in [-0.3, -0.25) is 0 Å². The van der Waals surface area contributed by atoms with Gasteiger partial charge in [0.05, 0.1) is 25.3 Å². The molecule has 19 heteroatoms. The molecule has 56 heavy (non-hydrogen) atoms. The number of rotatable bonds is 11. The van der Waals surface area contributed by atoms with E-state index in [-0.39, 0.29) is 45.3 Å². The van der Waals surface area contributed by atoms with E-state index in [0.29, 0.717) is 5.56 Å². The van der Waals surface area contributed by atoms with Gasteiger partial charge in [0.15, 0.2) is 23.0 Å². The number of aliphatic hydroxyl groups excluding tert-OH is 7. The smallest absolute Gasteiger partial charge is 0.402 e. The fraction of sp³-hybridized carbons (Fsp3) is 0.351. The zero-order chi connectivity index (χ0) is 40.4. The second kappa shape index (κ2) is 16.7. The summed E-state index contributed by atoms with van der Waals surface area (Å²) in [4.78, 5) is 12.6. The van der Waals surface area contributed by atoms with Crippen molar-refractivity contribution in [3.8, 4) is 51.6 Å². The van der Waals surface area contributed by atoms with Crippen molar-refractivity contribution in [1.29, 1.82) is 0 Å². The van der Waals surface area contributed by atoms with Crippen LogP contribution in [0.3, 0.4) is 0 Å². The Bertz CT molecular complexity index is 2070. The molecular weight excluding hydrogens is 748 g/mol. The Kier molecular flexibility index (Phi) is 12.0. The summed E-state index contributed by atoms with van der Waals surface area (Å²) in [7, 11) is 1.35. The van der Waals surface area contributed by atoms with Gasteiger partial charge >= 0.3 is 17.3 Å². The molecule has 11 N–H and O–H groups in total. The standard InChI is InChI=1S/C37H38O19/c1-50-24-8-15(2-5-20(24)41)3-7-28(43)51-14-27-30(45)32(47)34(49)37(56-27)54-25-12-18-22(52-35(25)16-4-6-19(40)21(42)9-16)10-17(39)11-23(18)53-36-33(48)31(46)29(44)26(13-38)55-36/h2-12,26-27,29-34,36-38,44-49H,13-14H2,1H3,(H3-,39,40,41,42,43)/p+1. The summed E-state index contributed by atoms with van der Waals surface area (Å²) in [6.07, 6.45) is -14.8. The van der Waals surface area contributed by atoms with E-state index < -0.39 is 97.8 Å². The van der Waals surface area contributed by atoms with Crippen LogP contribution in [0.1, 0.15) is 5.56 Å². The molecule has 4 aromatic rings. The highest BCUT2D eigenvalue weighted by Gasteiger charge is 2.47. The quantitative estimate of drug-likeness (QED) is 0.0407. The fourth-order valence-corrected chi connectivity index (χ4v) is 5.96. The molecule has 0 saturated carbocycles. The minimum atomic E-state index is -1.93. The molecule has 0 bridgehead atoms. The van der Waals surface area contributed by atoms with Crippen LogP contribution in [0, 0.1) is 0 Å². The topological polar surface area (TPSA) is 306 Å². The van der Waals surface area contributed by atoms with Gasteiger partial charge in [0, 0.05) is 24.3 Å². The summed E-state index contributed by atoms with van der Waals surface area (Å²) in [5.41, 5.74) is 0.447. The molecule has 2 aliphatic heterocycles. The van der Waals surface area contributed by atoms with E-state index in [1.54, 1.807) is 0 Å². The molecular formula is C37H39O19+. The lowest BCUT2D eigenvalue weighted by Crippen LogP contribution is -2.60. The van der Waals surface area contributed by atoms with Gasteiger partial charge < -0.3 is 84.6 Å². The zero-order valence-electron chi connectivity index (χ0n) is 29.2. The van der Waals surface area contributed by atoms with Crippen LogP contribution in [-0.2, 0) is 19.0 Å². The first-order valence-corrected chi connectivity index (χ1v) is 16.9. The van der Waals surface area contributed by atoms with Crippen molar-refractivity contribution in [3.05, 3.63) is 66.2 Å². The van der Waals surface area contributed by atoms with E-state index in [4.69, 9.17) is 32.8 Å². The summed E-state index contributed by atoms with van der Waals surface area (Å²) in [6.45, 7) is -1.39. The maximum atomic E-state index is 12.6. The number of aromatic hydroxyl groups is 4. The largest absolute Gasteiger partial charge is 0.507 e. The van der Waals surface area contributed by atoms with Crippen LogP contribution in [0.25, 0.3) is 28.4 Å². The fourth-order valence-electron chi connectivity index (χ4n) is 5.96. The van der Waals surface area contributed by atoms with E-state index in [2.05, 4.69) is 0 Å². The second-order valence-corrected chi connectivity index (χ2v) is 12.8. The van der Waals surface area contributed by atoms with E-state index in [1.165, 1.54) is 43.5 Å². The molecule has 6 rings (SSSR count). The molecule has 0 spiro atoms. The zero-order valence-corrected chi connectivity index (χ0v) is 29.2. The molecule has 0 amide bonds. The third-order valence-corrected chi connectivity index (χ3v) is 9.05. The van der Waals surface area contributed by atoms with E-state index in [1.807, 2.05) is 0 Å². The number of carbonyl (C=O) groups is 1. The summed E-state index contributed by atoms with van der Waals surface area (Å²) in [6, 6.07) is 11.4. The van der Waals surface area contributed by atoms with Gasteiger partial charge in [-0.25, -0.2) is 9.21 Å². The highest BCUT2D eigenvalue weighted by molar-refractivity contribution is 5.89. The van der Waals surface area contributed by atoms with E-state index >= 15 is 0 Å². The van der Waals surface area contributed by atoms with Crippen LogP contribution in [0.15, 0.2) is 65.1 Å². The number of carbonyl (C=O) groups excluding carboxylic acids is 1. The first-order chi connectivity index (χ1) is 26.7. The number of esters is 1. The number of phenols is 4. The average Bonchev–Trinajstić information content (AvgIpc) is 3.18. The third kappa shape index (κ3) is 8.35. The lowest BCUT2D eigenvalue weighted by molar-refractivity contribution is -0.278. The average molecular weight is 788 g/mol. The van der Waals surface area contributed by atoms with Crippen LogP contribution in [0.5, 0.6) is 40.2 Å². The predicted molar refractivity (Wildman–Crippen MR) is 187 cm³/mol. The Morgan fingerprint density at radius 2 is 1.36 bits per heavy atom. The predicted octanol–water partition coefficient (Wildman–Crippen LogP) is -0.166. The summed E-state index contributed by atoms with van der Waals surface area (Å²) in [5, 5.41) is 114. The second-order valence-electron chi connectivity index (χ2n) is 12.8. The van der Waals surface area contributed by atoms with Gasteiger partial charge in [-0.05, 0) is 35.9 Å². The highest BCUT2D eigenvalue weighted by atomic mass is 16.7.